The molecule has 1 aliphatic heterocycles. The summed E-state index contributed by atoms with van der Waals surface area (Å²) in [5.74, 6) is 3.61. The molecule has 0 radical (unpaired) electrons. The topological polar surface area (TPSA) is 78.3 Å². The second-order valence-electron chi connectivity index (χ2n) is 6.60. The van der Waals surface area contributed by atoms with E-state index in [1.54, 1.807) is 0 Å². The van der Waals surface area contributed by atoms with Crippen LogP contribution in [0, 0.1) is 0 Å². The summed E-state index contributed by atoms with van der Waals surface area (Å²) in [6.45, 7) is 0.375. The van der Waals surface area contributed by atoms with Gasteiger partial charge in [-0.15, -0.1) is 10.2 Å². The quantitative estimate of drug-likeness (QED) is 0.913. The molecule has 1 aromatic heterocycles. The summed E-state index contributed by atoms with van der Waals surface area (Å²) in [5, 5.41) is 11.6. The van der Waals surface area contributed by atoms with Gasteiger partial charge in [0.1, 0.15) is 29.6 Å². The molecule has 2 aromatic rings. The maximum Gasteiger partial charge on any atom is 0.262 e. The zero-order valence-corrected chi connectivity index (χ0v) is 13.2. The molecule has 2 fully saturated rings. The van der Waals surface area contributed by atoms with Gasteiger partial charge in [-0.1, -0.05) is 6.07 Å². The number of carbonyl (C=O) groups is 1. The average Bonchev–Trinajstić information content (AvgIpc) is 3.51. The molecule has 7 nitrogen and oxygen atoms in total. The summed E-state index contributed by atoms with van der Waals surface area (Å²) in [5.41, 5.74) is 0.591. The lowest BCUT2D eigenvalue weighted by molar-refractivity contribution is -0.118. The van der Waals surface area contributed by atoms with Gasteiger partial charge in [0.15, 0.2) is 12.4 Å². The largest absolute Gasteiger partial charge is 0.483 e. The molecule has 7 heteroatoms. The molecule has 124 valence electrons. The van der Waals surface area contributed by atoms with Gasteiger partial charge in [0.25, 0.3) is 5.91 Å². The van der Waals surface area contributed by atoms with Crippen molar-refractivity contribution in [2.45, 2.75) is 44.2 Å². The second-order valence-corrected chi connectivity index (χ2v) is 6.60. The second kappa shape index (κ2) is 5.22. The van der Waals surface area contributed by atoms with Crippen LogP contribution in [0.1, 0.15) is 49.3 Å². The van der Waals surface area contributed by atoms with Gasteiger partial charge in [0, 0.05) is 12.0 Å². The third-order valence-electron chi connectivity index (χ3n) is 4.62. The molecule has 5 rings (SSSR count). The summed E-state index contributed by atoms with van der Waals surface area (Å²) in [6.07, 6.45) is 4.80. The molecule has 3 aliphatic rings. The van der Waals surface area contributed by atoms with Crippen molar-refractivity contribution in [3.8, 4) is 11.5 Å². The van der Waals surface area contributed by atoms with E-state index < -0.39 is 0 Å². The Balaban J connectivity index is 1.40. The molecular weight excluding hydrogens is 308 g/mol. The summed E-state index contributed by atoms with van der Waals surface area (Å²) in [6, 6.07) is 6.03. The number of aromatic nitrogens is 3. The molecule has 1 amide bonds. The van der Waals surface area contributed by atoms with E-state index in [-0.39, 0.29) is 12.5 Å². The molecule has 2 heterocycles. The minimum atomic E-state index is -0.171. The minimum absolute atomic E-state index is 0.0389. The number of ether oxygens (including phenoxy) is 2. The van der Waals surface area contributed by atoms with Crippen LogP contribution in [0.15, 0.2) is 18.2 Å². The van der Waals surface area contributed by atoms with Gasteiger partial charge in [0.2, 0.25) is 0 Å². The van der Waals surface area contributed by atoms with Crippen LogP contribution in [-0.4, -0.2) is 27.3 Å². The summed E-state index contributed by atoms with van der Waals surface area (Å²) < 4.78 is 13.6. The van der Waals surface area contributed by atoms with Crippen molar-refractivity contribution in [1.29, 1.82) is 0 Å². The zero-order chi connectivity index (χ0) is 16.1. The number of hydrogen-bond donors (Lipinski definition) is 1. The van der Waals surface area contributed by atoms with Gasteiger partial charge in [-0.3, -0.25) is 4.79 Å². The Bertz CT molecular complexity index is 808. The van der Waals surface area contributed by atoms with Crippen molar-refractivity contribution in [3.05, 3.63) is 29.8 Å². The fraction of sp³-hybridized carbons (Fsp3) is 0.471. The predicted octanol–water partition coefficient (Wildman–Crippen LogP) is 2.40. The van der Waals surface area contributed by atoms with E-state index in [0.717, 1.165) is 11.6 Å². The molecule has 1 N–H and O–H groups in total. The van der Waals surface area contributed by atoms with Crippen LogP contribution in [0.5, 0.6) is 11.5 Å². The van der Waals surface area contributed by atoms with Crippen molar-refractivity contribution in [2.75, 3.05) is 11.9 Å². The van der Waals surface area contributed by atoms with Crippen molar-refractivity contribution in [1.82, 2.24) is 14.8 Å². The molecule has 0 saturated heterocycles. The number of para-hydroxylation sites is 1. The fourth-order valence-corrected chi connectivity index (χ4v) is 3.12. The van der Waals surface area contributed by atoms with E-state index in [4.69, 9.17) is 9.47 Å². The Hall–Kier alpha value is -2.57. The molecule has 2 aliphatic carbocycles. The maximum absolute atomic E-state index is 11.6. The van der Waals surface area contributed by atoms with E-state index in [2.05, 4.69) is 20.1 Å². The molecule has 0 bridgehead atoms. The van der Waals surface area contributed by atoms with E-state index in [0.29, 0.717) is 35.8 Å². The first-order valence-electron chi connectivity index (χ1n) is 8.42. The number of amides is 1. The zero-order valence-electron chi connectivity index (χ0n) is 13.2. The van der Waals surface area contributed by atoms with Gasteiger partial charge >= 0.3 is 0 Å². The lowest BCUT2D eigenvalue weighted by atomic mass is 10.2. The molecule has 0 unspecified atom stereocenters. The number of nitrogens with zero attached hydrogens (tertiary/aromatic N) is 3. The highest BCUT2D eigenvalue weighted by Crippen LogP contribution is 2.45. The van der Waals surface area contributed by atoms with Crippen molar-refractivity contribution >= 4 is 11.6 Å². The average molecular weight is 326 g/mol. The van der Waals surface area contributed by atoms with Crippen LogP contribution in [-0.2, 0) is 11.4 Å². The lowest BCUT2D eigenvalue weighted by Gasteiger charge is -2.20. The Kier molecular flexibility index (Phi) is 3.01. The normalized spacial score (nSPS) is 19.4. The van der Waals surface area contributed by atoms with Gasteiger partial charge in [-0.2, -0.15) is 0 Å². The Morgan fingerprint density at radius 3 is 2.92 bits per heavy atom. The number of hydrogen-bond acceptors (Lipinski definition) is 5. The number of anilines is 1. The van der Waals surface area contributed by atoms with E-state index >= 15 is 0 Å². The molecule has 2 saturated carbocycles. The molecule has 1 aromatic carbocycles. The van der Waals surface area contributed by atoms with Crippen LogP contribution in [0.25, 0.3) is 0 Å². The van der Waals surface area contributed by atoms with Crippen LogP contribution in [0.4, 0.5) is 5.69 Å². The van der Waals surface area contributed by atoms with Crippen LogP contribution < -0.4 is 14.8 Å². The lowest BCUT2D eigenvalue weighted by Crippen LogP contribution is -2.25. The monoisotopic (exact) mass is 326 g/mol. The fourth-order valence-electron chi connectivity index (χ4n) is 3.12. The third kappa shape index (κ3) is 2.40. The Labute approximate surface area is 139 Å². The van der Waals surface area contributed by atoms with Gasteiger partial charge in [0.05, 0.1) is 0 Å². The third-order valence-corrected chi connectivity index (χ3v) is 4.62. The smallest absolute Gasteiger partial charge is 0.262 e. The summed E-state index contributed by atoms with van der Waals surface area (Å²) >= 11 is 0. The maximum atomic E-state index is 11.6. The highest BCUT2D eigenvalue weighted by molar-refractivity contribution is 5.97. The van der Waals surface area contributed by atoms with Crippen LogP contribution >= 0.6 is 0 Å². The standard InChI is InChI=1S/C17H18N4O3/c22-15-9-24-13-3-1-2-12(16(13)18-15)23-8-14-19-20-17(10-4-5-10)21(14)11-6-7-11/h1-3,10-11H,4-9H2,(H,18,22). The van der Waals surface area contributed by atoms with Crippen molar-refractivity contribution < 1.29 is 14.3 Å². The molecule has 0 spiro atoms. The molecule has 24 heavy (non-hydrogen) atoms. The van der Waals surface area contributed by atoms with Gasteiger partial charge in [-0.25, -0.2) is 0 Å². The number of rotatable bonds is 5. The number of carbonyl (C=O) groups excluding carboxylic acids is 1. The minimum Gasteiger partial charge on any atom is -0.483 e. The van der Waals surface area contributed by atoms with E-state index in [1.165, 1.54) is 25.7 Å². The Morgan fingerprint density at radius 1 is 1.25 bits per heavy atom. The van der Waals surface area contributed by atoms with E-state index in [9.17, 15) is 4.79 Å². The first-order chi connectivity index (χ1) is 11.8. The SMILES string of the molecule is O=C1COc2cccc(OCc3nnc(C4CC4)n3C3CC3)c2N1. The molecular formula is C17H18N4O3. The summed E-state index contributed by atoms with van der Waals surface area (Å²) in [7, 11) is 0. The van der Waals surface area contributed by atoms with Crippen LogP contribution in [0.3, 0.4) is 0 Å². The first-order valence-corrected chi connectivity index (χ1v) is 8.42. The highest BCUT2D eigenvalue weighted by Gasteiger charge is 2.36. The Morgan fingerprint density at radius 2 is 2.12 bits per heavy atom. The first kappa shape index (κ1) is 13.8. The number of benzene rings is 1. The van der Waals surface area contributed by atoms with Crippen LogP contribution in [0.2, 0.25) is 0 Å². The summed E-state index contributed by atoms with van der Waals surface area (Å²) in [4.78, 5) is 11.6. The van der Waals surface area contributed by atoms with E-state index in [1.807, 2.05) is 18.2 Å². The van der Waals surface area contributed by atoms with Gasteiger partial charge < -0.3 is 19.4 Å². The molecule has 0 atom stereocenters. The number of fused-ring (bicyclic) bond motifs is 1. The highest BCUT2D eigenvalue weighted by atomic mass is 16.5. The number of nitrogens with one attached hydrogen (secondary N) is 1. The van der Waals surface area contributed by atoms with Crippen molar-refractivity contribution in [2.24, 2.45) is 0 Å². The van der Waals surface area contributed by atoms with Gasteiger partial charge in [-0.05, 0) is 37.8 Å². The van der Waals surface area contributed by atoms with Crippen molar-refractivity contribution in [3.63, 3.8) is 0 Å². The predicted molar refractivity (Wildman–Crippen MR) is 85.2 cm³/mol.